The molecule has 8 heteroatoms. The van der Waals surface area contributed by atoms with E-state index in [1.165, 1.54) is 18.3 Å². The largest absolute Gasteiger partial charge is 0.477 e. The van der Waals surface area contributed by atoms with Gasteiger partial charge >= 0.3 is 12.1 Å². The van der Waals surface area contributed by atoms with Crippen LogP contribution in [-0.4, -0.2) is 40.7 Å². The molecule has 1 aliphatic carbocycles. The molecule has 1 aliphatic rings. The van der Waals surface area contributed by atoms with Crippen molar-refractivity contribution in [3.8, 4) is 11.1 Å². The second-order valence-electron chi connectivity index (χ2n) is 9.50. The molecule has 1 heterocycles. The number of alkyl carbamates (subject to hydrolysis) is 1. The Labute approximate surface area is 203 Å². The van der Waals surface area contributed by atoms with Gasteiger partial charge in [-0.15, -0.1) is 0 Å². The molecule has 0 fully saturated rings. The quantitative estimate of drug-likeness (QED) is 0.479. The summed E-state index contributed by atoms with van der Waals surface area (Å²) >= 11 is 0. The number of ether oxygens (including phenoxy) is 1. The minimum atomic E-state index is -1.16. The number of anilines is 1. The van der Waals surface area contributed by atoms with E-state index in [9.17, 15) is 14.4 Å². The lowest BCUT2D eigenvalue weighted by atomic mass is 9.86. The number of hydrogen-bond donors (Lipinski definition) is 3. The molecular formula is C27H27N3O5. The normalized spacial score (nSPS) is 13.3. The maximum absolute atomic E-state index is 13.0. The van der Waals surface area contributed by atoms with Gasteiger partial charge in [0.1, 0.15) is 18.3 Å². The highest BCUT2D eigenvalue weighted by atomic mass is 16.5. The topological polar surface area (TPSA) is 118 Å². The van der Waals surface area contributed by atoms with Crippen LogP contribution in [-0.2, 0) is 9.53 Å². The van der Waals surface area contributed by atoms with E-state index >= 15 is 0 Å². The second kappa shape index (κ2) is 9.58. The lowest BCUT2D eigenvalue weighted by Gasteiger charge is -2.30. The van der Waals surface area contributed by atoms with Gasteiger partial charge in [0.05, 0.1) is 11.9 Å². The fourth-order valence-electron chi connectivity index (χ4n) is 4.24. The third-order valence-corrected chi connectivity index (χ3v) is 5.98. The number of carboxylic acid groups (broad SMARTS) is 1. The molecule has 1 atom stereocenters. The Morgan fingerprint density at radius 3 is 2.09 bits per heavy atom. The Kier molecular flexibility index (Phi) is 6.55. The van der Waals surface area contributed by atoms with Crippen molar-refractivity contribution in [2.75, 3.05) is 11.9 Å². The smallest absolute Gasteiger partial charge is 0.407 e. The summed E-state index contributed by atoms with van der Waals surface area (Å²) in [4.78, 5) is 40.5. The van der Waals surface area contributed by atoms with Crippen molar-refractivity contribution in [1.82, 2.24) is 10.3 Å². The molecule has 3 N–H and O–H groups in total. The molecule has 2 amide bonds. The summed E-state index contributed by atoms with van der Waals surface area (Å²) in [7, 11) is 0. The summed E-state index contributed by atoms with van der Waals surface area (Å²) in [5, 5.41) is 14.3. The first-order chi connectivity index (χ1) is 16.6. The zero-order valence-corrected chi connectivity index (χ0v) is 19.7. The number of benzene rings is 2. The van der Waals surface area contributed by atoms with Crippen LogP contribution in [0.1, 0.15) is 48.3 Å². The van der Waals surface area contributed by atoms with E-state index in [1.807, 2.05) is 57.2 Å². The van der Waals surface area contributed by atoms with Crippen molar-refractivity contribution in [3.63, 3.8) is 0 Å². The maximum Gasteiger partial charge on any atom is 0.407 e. The zero-order valence-electron chi connectivity index (χ0n) is 19.7. The van der Waals surface area contributed by atoms with Crippen LogP contribution in [0.15, 0.2) is 66.9 Å². The van der Waals surface area contributed by atoms with Crippen LogP contribution >= 0.6 is 0 Å². The molecule has 3 aromatic rings. The van der Waals surface area contributed by atoms with Crippen molar-refractivity contribution in [2.45, 2.75) is 32.7 Å². The number of nitrogens with zero attached hydrogens (tertiary/aromatic N) is 1. The standard InChI is InChI=1S/C27H27N3O5/c1-27(2,3)23(24(31)29-16-12-13-22(25(32)33)28-14-16)30-26(34)35-15-21-19-10-6-4-8-17(19)18-9-5-7-11-20(18)21/h4-14,21,23H,15H2,1-3H3,(H,29,31)(H,30,34)(H,32,33)/t23-/m1/s1. The van der Waals surface area contributed by atoms with E-state index in [0.717, 1.165) is 22.3 Å². The lowest BCUT2D eigenvalue weighted by molar-refractivity contribution is -0.120. The van der Waals surface area contributed by atoms with Crippen LogP contribution in [0.25, 0.3) is 11.1 Å². The fraction of sp³-hybridized carbons (Fsp3) is 0.259. The summed E-state index contributed by atoms with van der Waals surface area (Å²) in [5.74, 6) is -1.71. The summed E-state index contributed by atoms with van der Waals surface area (Å²) in [6, 6.07) is 17.9. The van der Waals surface area contributed by atoms with Crippen LogP contribution < -0.4 is 10.6 Å². The number of hydrogen-bond acceptors (Lipinski definition) is 5. The first-order valence-electron chi connectivity index (χ1n) is 11.3. The van der Waals surface area contributed by atoms with E-state index in [0.29, 0.717) is 5.69 Å². The van der Waals surface area contributed by atoms with Crippen molar-refractivity contribution in [1.29, 1.82) is 0 Å². The molecule has 35 heavy (non-hydrogen) atoms. The van der Waals surface area contributed by atoms with Gasteiger partial charge in [-0.25, -0.2) is 14.6 Å². The molecule has 0 saturated carbocycles. The van der Waals surface area contributed by atoms with Crippen LogP contribution in [0.2, 0.25) is 0 Å². The zero-order chi connectivity index (χ0) is 25.2. The Bertz CT molecular complexity index is 1220. The minimum absolute atomic E-state index is 0.0890. The summed E-state index contributed by atoms with van der Waals surface area (Å²) < 4.78 is 5.60. The van der Waals surface area contributed by atoms with Crippen molar-refractivity contribution in [3.05, 3.63) is 83.7 Å². The molecule has 4 rings (SSSR count). The summed E-state index contributed by atoms with van der Waals surface area (Å²) in [6.45, 7) is 5.62. The minimum Gasteiger partial charge on any atom is -0.477 e. The number of aromatic nitrogens is 1. The van der Waals surface area contributed by atoms with Gasteiger partial charge in [-0.2, -0.15) is 0 Å². The average molecular weight is 474 g/mol. The second-order valence-corrected chi connectivity index (χ2v) is 9.50. The molecule has 0 radical (unpaired) electrons. The number of carbonyl (C=O) groups excluding carboxylic acids is 2. The fourth-order valence-corrected chi connectivity index (χ4v) is 4.24. The monoisotopic (exact) mass is 473 g/mol. The van der Waals surface area contributed by atoms with E-state index in [4.69, 9.17) is 9.84 Å². The number of rotatable bonds is 6. The number of carbonyl (C=O) groups is 3. The first kappa shape index (κ1) is 23.9. The average Bonchev–Trinajstić information content (AvgIpc) is 3.14. The molecule has 0 saturated heterocycles. The van der Waals surface area contributed by atoms with Gasteiger partial charge in [-0.05, 0) is 39.8 Å². The van der Waals surface area contributed by atoms with Gasteiger partial charge < -0.3 is 20.5 Å². The number of pyridine rings is 1. The molecule has 0 spiro atoms. The van der Waals surface area contributed by atoms with Crippen molar-refractivity contribution in [2.24, 2.45) is 5.41 Å². The Morgan fingerprint density at radius 2 is 1.57 bits per heavy atom. The van der Waals surface area contributed by atoms with Gasteiger partial charge in [0, 0.05) is 5.92 Å². The Morgan fingerprint density at radius 1 is 0.971 bits per heavy atom. The first-order valence-corrected chi connectivity index (χ1v) is 11.3. The van der Waals surface area contributed by atoms with Gasteiger partial charge in [0.2, 0.25) is 5.91 Å². The van der Waals surface area contributed by atoms with Crippen molar-refractivity contribution < 1.29 is 24.2 Å². The van der Waals surface area contributed by atoms with Gasteiger partial charge in [0.25, 0.3) is 0 Å². The molecule has 0 aliphatic heterocycles. The molecule has 180 valence electrons. The van der Waals surface area contributed by atoms with Gasteiger partial charge in [-0.3, -0.25) is 4.79 Å². The Hall–Kier alpha value is -4.20. The third-order valence-electron chi connectivity index (χ3n) is 5.98. The Balaban J connectivity index is 1.43. The predicted molar refractivity (Wildman–Crippen MR) is 131 cm³/mol. The van der Waals surface area contributed by atoms with E-state index < -0.39 is 29.4 Å². The number of carboxylic acids is 1. The third kappa shape index (κ3) is 5.16. The number of nitrogens with one attached hydrogen (secondary N) is 2. The highest BCUT2D eigenvalue weighted by molar-refractivity contribution is 5.97. The van der Waals surface area contributed by atoms with Crippen LogP contribution in [0.3, 0.4) is 0 Å². The summed E-state index contributed by atoms with van der Waals surface area (Å²) in [6.07, 6.45) is 0.565. The molecule has 1 aromatic heterocycles. The van der Waals surface area contributed by atoms with E-state index in [2.05, 4.69) is 27.8 Å². The van der Waals surface area contributed by atoms with Crippen molar-refractivity contribution >= 4 is 23.7 Å². The predicted octanol–water partition coefficient (Wildman–Crippen LogP) is 4.67. The van der Waals surface area contributed by atoms with E-state index in [-0.39, 0.29) is 18.2 Å². The number of fused-ring (bicyclic) bond motifs is 3. The molecule has 0 bridgehead atoms. The molecular weight excluding hydrogens is 446 g/mol. The van der Waals surface area contributed by atoms with Crippen LogP contribution in [0.5, 0.6) is 0 Å². The van der Waals surface area contributed by atoms with Crippen LogP contribution in [0, 0.1) is 5.41 Å². The highest BCUT2D eigenvalue weighted by Crippen LogP contribution is 2.44. The molecule has 2 aromatic carbocycles. The van der Waals surface area contributed by atoms with Gasteiger partial charge in [0.15, 0.2) is 0 Å². The molecule has 0 unspecified atom stereocenters. The van der Waals surface area contributed by atoms with E-state index in [1.54, 1.807) is 0 Å². The van der Waals surface area contributed by atoms with Crippen LogP contribution in [0.4, 0.5) is 10.5 Å². The SMILES string of the molecule is CC(C)(C)[C@H](NC(=O)OCC1c2ccccc2-c2ccccc21)C(=O)Nc1ccc(C(=O)O)nc1. The maximum atomic E-state index is 13.0. The van der Waals surface area contributed by atoms with Gasteiger partial charge in [-0.1, -0.05) is 69.3 Å². The summed E-state index contributed by atoms with van der Waals surface area (Å²) in [5.41, 5.74) is 4.03. The highest BCUT2D eigenvalue weighted by Gasteiger charge is 2.34. The molecule has 8 nitrogen and oxygen atoms in total. The lowest BCUT2D eigenvalue weighted by Crippen LogP contribution is -2.51. The number of amides is 2. The number of aromatic carboxylic acids is 1.